The number of benzene rings is 1. The average molecular weight is 401 g/mol. The number of hydrogen-bond acceptors (Lipinski definition) is 5. The first-order valence-electron chi connectivity index (χ1n) is 10.9. The summed E-state index contributed by atoms with van der Waals surface area (Å²) < 4.78 is 19.4. The van der Waals surface area contributed by atoms with Crippen LogP contribution >= 0.6 is 0 Å². The third kappa shape index (κ3) is 2.78. The summed E-state index contributed by atoms with van der Waals surface area (Å²) in [4.78, 5) is 0. The molecule has 2 heterocycles. The van der Waals surface area contributed by atoms with Gasteiger partial charge in [0.25, 0.3) is 0 Å². The molecule has 2 N–H and O–H groups in total. The largest absolute Gasteiger partial charge is 0.392 e. The monoisotopic (exact) mass is 400 g/mol. The van der Waals surface area contributed by atoms with Gasteiger partial charge in [-0.05, 0) is 36.7 Å². The fourth-order valence-electron chi connectivity index (χ4n) is 6.38. The molecule has 0 radical (unpaired) electrons. The molecular formula is C24H32O5. The third-order valence-electron chi connectivity index (χ3n) is 8.06. The Kier molecular flexibility index (Phi) is 4.50. The lowest BCUT2D eigenvalue weighted by Gasteiger charge is -2.64. The lowest BCUT2D eigenvalue weighted by molar-refractivity contribution is -0.414. The van der Waals surface area contributed by atoms with Crippen molar-refractivity contribution in [3.63, 3.8) is 0 Å². The number of hydrogen-bond donors (Lipinski definition) is 2. The van der Waals surface area contributed by atoms with Crippen LogP contribution in [0.2, 0.25) is 0 Å². The molecule has 0 amide bonds. The van der Waals surface area contributed by atoms with E-state index in [1.54, 1.807) is 0 Å². The first-order valence-corrected chi connectivity index (χ1v) is 10.9. The lowest BCUT2D eigenvalue weighted by Crippen LogP contribution is -2.72. The molecule has 1 aromatic rings. The fraction of sp³-hybridized carbons (Fsp3) is 0.667. The van der Waals surface area contributed by atoms with Gasteiger partial charge in [-0.25, -0.2) is 0 Å². The van der Waals surface area contributed by atoms with Gasteiger partial charge in [-0.2, -0.15) is 0 Å². The molecule has 2 aliphatic heterocycles. The summed E-state index contributed by atoms with van der Waals surface area (Å²) in [5.41, 5.74) is -0.131. The summed E-state index contributed by atoms with van der Waals surface area (Å²) in [6.07, 6.45) is 4.54. The number of aliphatic hydroxyl groups excluding tert-OH is 2. The van der Waals surface area contributed by atoms with Gasteiger partial charge in [-0.1, -0.05) is 57.2 Å². The first kappa shape index (κ1) is 19.7. The summed E-state index contributed by atoms with van der Waals surface area (Å²) in [6, 6.07) is 10.1. The summed E-state index contributed by atoms with van der Waals surface area (Å²) in [6.45, 7) is 6.79. The summed E-state index contributed by atoms with van der Waals surface area (Å²) in [5.74, 6) is -0.767. The van der Waals surface area contributed by atoms with Crippen molar-refractivity contribution in [1.29, 1.82) is 0 Å². The molecule has 1 aromatic carbocycles. The van der Waals surface area contributed by atoms with Gasteiger partial charge in [0.15, 0.2) is 0 Å². The van der Waals surface area contributed by atoms with E-state index < -0.39 is 29.2 Å². The second kappa shape index (κ2) is 6.63. The Morgan fingerprint density at radius 3 is 2.62 bits per heavy atom. The van der Waals surface area contributed by atoms with Gasteiger partial charge < -0.3 is 24.4 Å². The van der Waals surface area contributed by atoms with Crippen LogP contribution in [0.25, 0.3) is 6.08 Å². The Hall–Kier alpha value is -1.24. The number of aliphatic hydroxyl groups is 2. The molecule has 1 spiro atoms. The predicted molar refractivity (Wildman–Crippen MR) is 109 cm³/mol. The first-order chi connectivity index (χ1) is 13.8. The zero-order valence-corrected chi connectivity index (χ0v) is 17.5. The predicted octanol–water partition coefficient (Wildman–Crippen LogP) is 3.35. The maximum atomic E-state index is 11.1. The van der Waals surface area contributed by atoms with Crippen molar-refractivity contribution in [3.8, 4) is 0 Å². The van der Waals surface area contributed by atoms with Crippen molar-refractivity contribution < 1.29 is 24.4 Å². The zero-order chi connectivity index (χ0) is 20.4. The van der Waals surface area contributed by atoms with Gasteiger partial charge in [0.1, 0.15) is 5.60 Å². The maximum absolute atomic E-state index is 11.1. The third-order valence-corrected chi connectivity index (χ3v) is 8.06. The normalized spacial score (nSPS) is 48.8. The van der Waals surface area contributed by atoms with Gasteiger partial charge >= 0.3 is 5.97 Å². The summed E-state index contributed by atoms with van der Waals surface area (Å²) in [5, 5.41) is 22.1. The van der Waals surface area contributed by atoms with Crippen molar-refractivity contribution in [2.75, 3.05) is 6.61 Å². The van der Waals surface area contributed by atoms with E-state index in [9.17, 15) is 10.2 Å². The molecule has 2 bridgehead atoms. The average Bonchev–Trinajstić information content (AvgIpc) is 2.99. The zero-order valence-electron chi connectivity index (χ0n) is 17.5. The van der Waals surface area contributed by atoms with E-state index in [1.807, 2.05) is 49.4 Å². The minimum Gasteiger partial charge on any atom is -0.392 e. The molecule has 2 saturated heterocycles. The second-order valence-corrected chi connectivity index (χ2v) is 9.94. The Balaban J connectivity index is 1.55. The maximum Gasteiger partial charge on any atom is 0.305 e. The minimum atomic E-state index is -1.20. The standard InChI is InChI=1S/C24H32O5/c1-15(2)17-13-19(26)22(3)18(25)10-11-23-14-27-24(29-23,28-20(17)21(22)23)12-9-16-7-5-4-6-8-16/h4-9,12,15,17-21,25-26H,10-11,13-14H2,1-3H3/t17-,18-,19+,20+,21-,22-,23+,24-/m0/s1. The van der Waals surface area contributed by atoms with Crippen molar-refractivity contribution >= 4 is 6.08 Å². The highest BCUT2D eigenvalue weighted by molar-refractivity contribution is 5.49. The van der Waals surface area contributed by atoms with Gasteiger partial charge in [0, 0.05) is 17.4 Å². The van der Waals surface area contributed by atoms with Crippen LogP contribution in [0.5, 0.6) is 0 Å². The molecule has 5 rings (SSSR count). The van der Waals surface area contributed by atoms with Gasteiger partial charge in [-0.3, -0.25) is 0 Å². The fourth-order valence-corrected chi connectivity index (χ4v) is 6.38. The number of fused-ring (bicyclic) bond motifs is 1. The Morgan fingerprint density at radius 1 is 1.14 bits per heavy atom. The second-order valence-electron chi connectivity index (χ2n) is 9.94. The molecule has 5 heteroatoms. The van der Waals surface area contributed by atoms with Crippen LogP contribution in [0.15, 0.2) is 36.4 Å². The minimum absolute atomic E-state index is 0.101. The molecule has 2 saturated carbocycles. The highest BCUT2D eigenvalue weighted by Crippen LogP contribution is 2.64. The molecule has 0 unspecified atom stereocenters. The van der Waals surface area contributed by atoms with Crippen molar-refractivity contribution in [2.24, 2.45) is 23.2 Å². The highest BCUT2D eigenvalue weighted by atomic mass is 16.9. The van der Waals surface area contributed by atoms with E-state index >= 15 is 0 Å². The van der Waals surface area contributed by atoms with Crippen LogP contribution in [-0.2, 0) is 14.2 Å². The number of ether oxygens (including phenoxy) is 3. The van der Waals surface area contributed by atoms with Crippen LogP contribution in [0, 0.1) is 23.2 Å². The van der Waals surface area contributed by atoms with Crippen molar-refractivity contribution in [2.45, 2.75) is 69.9 Å². The number of rotatable bonds is 3. The van der Waals surface area contributed by atoms with Crippen molar-refractivity contribution in [3.05, 3.63) is 42.0 Å². The van der Waals surface area contributed by atoms with Crippen molar-refractivity contribution in [1.82, 2.24) is 0 Å². The van der Waals surface area contributed by atoms with Gasteiger partial charge in [0.05, 0.1) is 24.9 Å². The molecule has 4 aliphatic rings. The summed E-state index contributed by atoms with van der Waals surface area (Å²) >= 11 is 0. The van der Waals surface area contributed by atoms with Crippen LogP contribution in [0.1, 0.15) is 45.6 Å². The summed E-state index contributed by atoms with van der Waals surface area (Å²) in [7, 11) is 0. The quantitative estimate of drug-likeness (QED) is 0.814. The molecule has 29 heavy (non-hydrogen) atoms. The molecule has 158 valence electrons. The van der Waals surface area contributed by atoms with E-state index in [0.29, 0.717) is 31.8 Å². The van der Waals surface area contributed by atoms with E-state index in [0.717, 1.165) is 5.56 Å². The molecule has 4 fully saturated rings. The smallest absolute Gasteiger partial charge is 0.305 e. The SMILES string of the molecule is CC(C)[C@@H]1C[C@@H](O)[C@@]2(C)[C@@H]3[C@@H]1O[C@]1(C=Cc4ccccc4)OC[C@@]3(CC[C@@H]2O)O1. The Labute approximate surface area is 172 Å². The van der Waals surface area contributed by atoms with Gasteiger partial charge in [0.2, 0.25) is 0 Å². The van der Waals surface area contributed by atoms with E-state index in [1.165, 1.54) is 0 Å². The van der Waals surface area contributed by atoms with Gasteiger partial charge in [-0.15, -0.1) is 0 Å². The molecule has 5 nitrogen and oxygen atoms in total. The van der Waals surface area contributed by atoms with Crippen LogP contribution in [0.3, 0.4) is 0 Å². The molecular weight excluding hydrogens is 368 g/mol. The molecule has 8 atom stereocenters. The topological polar surface area (TPSA) is 68.2 Å². The van der Waals surface area contributed by atoms with E-state index in [-0.39, 0.29) is 17.9 Å². The lowest BCUT2D eigenvalue weighted by atomic mass is 9.48. The van der Waals surface area contributed by atoms with Crippen LogP contribution in [0.4, 0.5) is 0 Å². The molecule has 2 aliphatic carbocycles. The molecule has 0 aromatic heterocycles. The Bertz CT molecular complexity index is 794. The van der Waals surface area contributed by atoms with E-state index in [4.69, 9.17) is 14.2 Å². The van der Waals surface area contributed by atoms with E-state index in [2.05, 4.69) is 13.8 Å². The van der Waals surface area contributed by atoms with Crippen LogP contribution in [-0.4, -0.2) is 46.7 Å². The highest BCUT2D eigenvalue weighted by Gasteiger charge is 2.73. The van der Waals surface area contributed by atoms with Crippen LogP contribution < -0.4 is 0 Å². The Morgan fingerprint density at radius 2 is 1.90 bits per heavy atom.